The molecule has 0 spiro atoms. The van der Waals surface area contributed by atoms with Crippen LogP contribution in [0.5, 0.6) is 0 Å². The first-order valence-electron chi connectivity index (χ1n) is 8.35. The van der Waals surface area contributed by atoms with Crippen LogP contribution in [0.15, 0.2) is 18.3 Å². The lowest BCUT2D eigenvalue weighted by atomic mass is 9.49. The molecular formula is C18H23N3. The monoisotopic (exact) mass is 281 g/mol. The number of anilines is 1. The Balaban J connectivity index is 1.40. The van der Waals surface area contributed by atoms with Gasteiger partial charge in [-0.1, -0.05) is 0 Å². The zero-order valence-electron chi connectivity index (χ0n) is 12.5. The number of hydrogen-bond acceptors (Lipinski definition) is 3. The van der Waals surface area contributed by atoms with Crippen LogP contribution in [0, 0.1) is 34.5 Å². The molecule has 21 heavy (non-hydrogen) atoms. The average Bonchev–Trinajstić information content (AvgIpc) is 2.46. The first-order chi connectivity index (χ1) is 10.3. The molecule has 4 saturated carbocycles. The minimum Gasteiger partial charge on any atom is -0.369 e. The Morgan fingerprint density at radius 2 is 1.86 bits per heavy atom. The SMILES string of the molecule is N#Cc1cccnc1NCCC12CC3CC(CC(C3)C1)C2. The van der Waals surface area contributed by atoms with Crippen LogP contribution in [-0.4, -0.2) is 11.5 Å². The second-order valence-electron chi connectivity index (χ2n) is 7.61. The minimum atomic E-state index is 0.601. The number of aromatic nitrogens is 1. The summed E-state index contributed by atoms with van der Waals surface area (Å²) in [6, 6.07) is 5.87. The first-order valence-corrected chi connectivity index (χ1v) is 8.35. The molecule has 0 atom stereocenters. The second-order valence-corrected chi connectivity index (χ2v) is 7.61. The van der Waals surface area contributed by atoms with Crippen LogP contribution in [0.25, 0.3) is 0 Å². The maximum absolute atomic E-state index is 9.12. The Labute approximate surface area is 126 Å². The molecule has 3 nitrogen and oxygen atoms in total. The van der Waals surface area contributed by atoms with Gasteiger partial charge in [0.25, 0.3) is 0 Å². The molecule has 110 valence electrons. The van der Waals surface area contributed by atoms with Crippen LogP contribution in [0.4, 0.5) is 5.82 Å². The minimum absolute atomic E-state index is 0.601. The lowest BCUT2D eigenvalue weighted by Gasteiger charge is -2.57. The lowest BCUT2D eigenvalue weighted by Crippen LogP contribution is -2.46. The van der Waals surface area contributed by atoms with Gasteiger partial charge < -0.3 is 5.32 Å². The topological polar surface area (TPSA) is 48.7 Å². The zero-order chi connectivity index (χ0) is 14.3. The molecule has 0 aromatic carbocycles. The van der Waals surface area contributed by atoms with Crippen LogP contribution in [-0.2, 0) is 0 Å². The predicted octanol–water partition coefficient (Wildman–Crippen LogP) is 3.97. The van der Waals surface area contributed by atoms with Crippen LogP contribution in [0.3, 0.4) is 0 Å². The van der Waals surface area contributed by atoms with Gasteiger partial charge in [-0.3, -0.25) is 0 Å². The molecule has 5 rings (SSSR count). The number of rotatable bonds is 4. The van der Waals surface area contributed by atoms with E-state index in [1.54, 1.807) is 6.20 Å². The van der Waals surface area contributed by atoms with Crippen molar-refractivity contribution in [2.45, 2.75) is 44.9 Å². The maximum atomic E-state index is 9.12. The Bertz CT molecular complexity index is 537. The van der Waals surface area contributed by atoms with E-state index in [1.165, 1.54) is 44.9 Å². The maximum Gasteiger partial charge on any atom is 0.143 e. The Kier molecular flexibility index (Phi) is 3.14. The van der Waals surface area contributed by atoms with Crippen molar-refractivity contribution in [2.75, 3.05) is 11.9 Å². The molecule has 1 aromatic rings. The normalized spacial score (nSPS) is 36.4. The van der Waals surface area contributed by atoms with E-state index < -0.39 is 0 Å². The van der Waals surface area contributed by atoms with Crippen molar-refractivity contribution in [1.29, 1.82) is 5.26 Å². The number of nitrogens with one attached hydrogen (secondary N) is 1. The smallest absolute Gasteiger partial charge is 0.143 e. The van der Waals surface area contributed by atoms with Crippen molar-refractivity contribution in [1.82, 2.24) is 4.98 Å². The average molecular weight is 281 g/mol. The van der Waals surface area contributed by atoms with Gasteiger partial charge in [-0.2, -0.15) is 5.26 Å². The summed E-state index contributed by atoms with van der Waals surface area (Å²) in [7, 11) is 0. The summed E-state index contributed by atoms with van der Waals surface area (Å²) in [4.78, 5) is 4.30. The first kappa shape index (κ1) is 13.1. The van der Waals surface area contributed by atoms with Crippen LogP contribution in [0.1, 0.15) is 50.5 Å². The fourth-order valence-corrected chi connectivity index (χ4v) is 5.68. The summed E-state index contributed by atoms with van der Waals surface area (Å²) < 4.78 is 0. The molecule has 4 aliphatic rings. The van der Waals surface area contributed by atoms with E-state index >= 15 is 0 Å². The molecule has 4 fully saturated rings. The van der Waals surface area contributed by atoms with Gasteiger partial charge in [0.2, 0.25) is 0 Å². The van der Waals surface area contributed by atoms with Crippen molar-refractivity contribution < 1.29 is 0 Å². The van der Waals surface area contributed by atoms with Crippen molar-refractivity contribution in [3.63, 3.8) is 0 Å². The van der Waals surface area contributed by atoms with Crippen LogP contribution >= 0.6 is 0 Å². The van der Waals surface area contributed by atoms with Gasteiger partial charge in [0, 0.05) is 12.7 Å². The zero-order valence-corrected chi connectivity index (χ0v) is 12.5. The fourth-order valence-electron chi connectivity index (χ4n) is 5.68. The van der Waals surface area contributed by atoms with Crippen molar-refractivity contribution >= 4 is 5.82 Å². The molecule has 0 amide bonds. The number of hydrogen-bond donors (Lipinski definition) is 1. The molecule has 4 bridgehead atoms. The largest absolute Gasteiger partial charge is 0.369 e. The molecular weight excluding hydrogens is 258 g/mol. The van der Waals surface area contributed by atoms with Crippen LogP contribution < -0.4 is 5.32 Å². The molecule has 0 saturated heterocycles. The van der Waals surface area contributed by atoms with E-state index in [-0.39, 0.29) is 0 Å². The van der Waals surface area contributed by atoms with Gasteiger partial charge in [-0.05, 0) is 80.2 Å². The highest BCUT2D eigenvalue weighted by atomic mass is 15.0. The van der Waals surface area contributed by atoms with Crippen molar-refractivity contribution in [2.24, 2.45) is 23.2 Å². The highest BCUT2D eigenvalue weighted by molar-refractivity contribution is 5.51. The van der Waals surface area contributed by atoms with Gasteiger partial charge >= 0.3 is 0 Å². The highest BCUT2D eigenvalue weighted by Gasteiger charge is 2.50. The van der Waals surface area contributed by atoms with E-state index in [2.05, 4.69) is 16.4 Å². The summed E-state index contributed by atoms with van der Waals surface area (Å²) in [5.41, 5.74) is 1.26. The second kappa shape index (κ2) is 5.02. The third kappa shape index (κ3) is 2.41. The molecule has 1 heterocycles. The summed E-state index contributed by atoms with van der Waals surface area (Å²) in [5, 5.41) is 12.5. The molecule has 0 radical (unpaired) electrons. The van der Waals surface area contributed by atoms with Gasteiger partial charge in [-0.15, -0.1) is 0 Å². The van der Waals surface area contributed by atoms with Gasteiger partial charge in [0.1, 0.15) is 11.9 Å². The van der Waals surface area contributed by atoms with E-state index in [9.17, 15) is 0 Å². The van der Waals surface area contributed by atoms with E-state index in [0.29, 0.717) is 11.0 Å². The Morgan fingerprint density at radius 1 is 1.19 bits per heavy atom. The Hall–Kier alpha value is -1.56. The Morgan fingerprint density at radius 3 is 2.48 bits per heavy atom. The number of pyridine rings is 1. The summed E-state index contributed by atoms with van der Waals surface area (Å²) in [6.07, 6.45) is 11.9. The number of nitriles is 1. The van der Waals surface area contributed by atoms with Gasteiger partial charge in [-0.25, -0.2) is 4.98 Å². The van der Waals surface area contributed by atoms with Gasteiger partial charge in [0.05, 0.1) is 5.56 Å². The number of nitrogens with zero attached hydrogens (tertiary/aromatic N) is 2. The molecule has 0 unspecified atom stereocenters. The quantitative estimate of drug-likeness (QED) is 0.908. The predicted molar refractivity (Wildman–Crippen MR) is 82.7 cm³/mol. The third-order valence-electron chi connectivity index (χ3n) is 6.04. The molecule has 3 heteroatoms. The fraction of sp³-hybridized carbons (Fsp3) is 0.667. The summed E-state index contributed by atoms with van der Waals surface area (Å²) >= 11 is 0. The summed E-state index contributed by atoms with van der Waals surface area (Å²) in [6.45, 7) is 0.956. The third-order valence-corrected chi connectivity index (χ3v) is 6.04. The van der Waals surface area contributed by atoms with Crippen LogP contribution in [0.2, 0.25) is 0 Å². The lowest BCUT2D eigenvalue weighted by molar-refractivity contribution is -0.0552. The van der Waals surface area contributed by atoms with E-state index in [1.807, 2.05) is 12.1 Å². The van der Waals surface area contributed by atoms with E-state index in [4.69, 9.17) is 5.26 Å². The standard InChI is InChI=1S/C18H23N3/c19-12-16-2-1-4-20-17(16)21-5-3-18-9-13-6-14(10-18)8-15(7-13)11-18/h1-2,4,13-15H,3,5-11H2,(H,20,21). The molecule has 1 N–H and O–H groups in total. The summed E-state index contributed by atoms with van der Waals surface area (Å²) in [5.74, 6) is 3.80. The molecule has 0 aliphatic heterocycles. The van der Waals surface area contributed by atoms with Gasteiger partial charge in [0.15, 0.2) is 0 Å². The van der Waals surface area contributed by atoms with E-state index in [0.717, 1.165) is 30.1 Å². The van der Waals surface area contributed by atoms with Crippen molar-refractivity contribution in [3.05, 3.63) is 23.9 Å². The molecule has 1 aromatic heterocycles. The highest BCUT2D eigenvalue weighted by Crippen LogP contribution is 2.61. The molecule has 4 aliphatic carbocycles. The van der Waals surface area contributed by atoms with Crippen molar-refractivity contribution in [3.8, 4) is 6.07 Å².